The van der Waals surface area contributed by atoms with Crippen molar-refractivity contribution < 1.29 is 0 Å². The number of rotatable bonds is 5. The molecule has 1 unspecified atom stereocenters. The topological polar surface area (TPSA) is 29.9 Å². The van der Waals surface area contributed by atoms with Crippen molar-refractivity contribution in [1.29, 1.82) is 0 Å². The van der Waals surface area contributed by atoms with Crippen molar-refractivity contribution in [1.82, 2.24) is 9.55 Å². The highest BCUT2D eigenvalue weighted by Crippen LogP contribution is 2.35. The summed E-state index contributed by atoms with van der Waals surface area (Å²) in [6.45, 7) is 5.62. The Labute approximate surface area is 127 Å². The van der Waals surface area contributed by atoms with Crippen molar-refractivity contribution in [3.05, 3.63) is 36.3 Å². The quantitative estimate of drug-likeness (QED) is 0.865. The minimum Gasteiger partial charge on any atom is -0.384 e. The Hall–Kier alpha value is -1.77. The molecule has 1 atom stereocenters. The van der Waals surface area contributed by atoms with Gasteiger partial charge in [-0.15, -0.1) is 0 Å². The largest absolute Gasteiger partial charge is 0.384 e. The first-order valence-electron chi connectivity index (χ1n) is 8.19. The van der Waals surface area contributed by atoms with Gasteiger partial charge in [-0.05, 0) is 31.7 Å². The highest BCUT2D eigenvalue weighted by atomic mass is 15.1. The second-order valence-electron chi connectivity index (χ2n) is 6.05. The molecule has 0 radical (unpaired) electrons. The van der Waals surface area contributed by atoms with Crippen LogP contribution in [0, 0.1) is 0 Å². The van der Waals surface area contributed by atoms with Crippen molar-refractivity contribution >= 4 is 5.69 Å². The Morgan fingerprint density at radius 3 is 3.14 bits per heavy atom. The van der Waals surface area contributed by atoms with Crippen LogP contribution in [0.15, 0.2) is 30.7 Å². The van der Waals surface area contributed by atoms with E-state index in [2.05, 4.69) is 46.9 Å². The van der Waals surface area contributed by atoms with Crippen LogP contribution in [-0.2, 0) is 6.42 Å². The molecule has 1 aliphatic heterocycles. The monoisotopic (exact) mass is 283 g/mol. The fourth-order valence-corrected chi connectivity index (χ4v) is 3.23. The molecule has 0 spiro atoms. The second-order valence-corrected chi connectivity index (χ2v) is 6.05. The molecule has 0 amide bonds. The summed E-state index contributed by atoms with van der Waals surface area (Å²) >= 11 is 0. The molecule has 3 rings (SSSR count). The van der Waals surface area contributed by atoms with Crippen LogP contribution in [0.4, 0.5) is 5.69 Å². The molecular formula is C18H25N3. The molecule has 21 heavy (non-hydrogen) atoms. The fraction of sp³-hybridized carbons (Fsp3) is 0.500. The van der Waals surface area contributed by atoms with Crippen LogP contribution in [0.1, 0.15) is 51.1 Å². The van der Waals surface area contributed by atoms with Crippen LogP contribution in [0.2, 0.25) is 0 Å². The minimum absolute atomic E-state index is 0.502. The first kappa shape index (κ1) is 14.2. The van der Waals surface area contributed by atoms with Gasteiger partial charge in [-0.3, -0.25) is 0 Å². The van der Waals surface area contributed by atoms with Gasteiger partial charge in [0.15, 0.2) is 0 Å². The molecule has 1 aliphatic rings. The number of nitrogens with one attached hydrogen (secondary N) is 1. The van der Waals surface area contributed by atoms with Gasteiger partial charge in [0, 0.05) is 23.8 Å². The summed E-state index contributed by atoms with van der Waals surface area (Å²) in [4.78, 5) is 4.41. The number of hydrogen-bond donors (Lipinski definition) is 1. The van der Waals surface area contributed by atoms with Gasteiger partial charge in [-0.1, -0.05) is 38.0 Å². The van der Waals surface area contributed by atoms with Crippen LogP contribution in [-0.4, -0.2) is 16.1 Å². The summed E-state index contributed by atoms with van der Waals surface area (Å²) in [6, 6.07) is 7.14. The normalized spacial score (nSPS) is 15.3. The van der Waals surface area contributed by atoms with Crippen LogP contribution in [0.3, 0.4) is 0 Å². The van der Waals surface area contributed by atoms with Crippen molar-refractivity contribution in [2.75, 3.05) is 11.9 Å². The zero-order valence-electron chi connectivity index (χ0n) is 13.1. The van der Waals surface area contributed by atoms with E-state index in [1.54, 1.807) is 0 Å². The van der Waals surface area contributed by atoms with Crippen molar-refractivity contribution in [2.45, 2.75) is 52.0 Å². The van der Waals surface area contributed by atoms with Crippen LogP contribution < -0.4 is 5.32 Å². The smallest absolute Gasteiger partial charge is 0.0953 e. The average Bonchev–Trinajstić information content (AvgIpc) is 3.01. The average molecular weight is 283 g/mol. The van der Waals surface area contributed by atoms with Crippen LogP contribution in [0.25, 0.3) is 11.3 Å². The number of aromatic nitrogens is 2. The Morgan fingerprint density at radius 2 is 2.29 bits per heavy atom. The molecule has 0 bridgehead atoms. The number of fused-ring (bicyclic) bond motifs is 1. The zero-order chi connectivity index (χ0) is 14.7. The van der Waals surface area contributed by atoms with Gasteiger partial charge in [-0.2, -0.15) is 0 Å². The maximum absolute atomic E-state index is 4.41. The van der Waals surface area contributed by atoms with E-state index in [0.717, 1.165) is 6.54 Å². The summed E-state index contributed by atoms with van der Waals surface area (Å²) in [5.41, 5.74) is 5.29. The first-order valence-corrected chi connectivity index (χ1v) is 8.19. The number of anilines is 1. The number of nitrogens with zero attached hydrogens (tertiary/aromatic N) is 2. The van der Waals surface area contributed by atoms with E-state index in [1.807, 2.05) is 12.5 Å². The lowest BCUT2D eigenvalue weighted by Gasteiger charge is -2.23. The number of hydrogen-bond acceptors (Lipinski definition) is 2. The number of aryl methyl sites for hydroxylation is 1. The lowest BCUT2D eigenvalue weighted by atomic mass is 9.97. The third-order valence-corrected chi connectivity index (χ3v) is 4.47. The van der Waals surface area contributed by atoms with E-state index < -0.39 is 0 Å². The summed E-state index contributed by atoms with van der Waals surface area (Å²) in [6.07, 6.45) is 10.1. The van der Waals surface area contributed by atoms with E-state index in [9.17, 15) is 0 Å². The second kappa shape index (κ2) is 6.33. The summed E-state index contributed by atoms with van der Waals surface area (Å²) in [5.74, 6) is 0. The van der Waals surface area contributed by atoms with Crippen LogP contribution in [0.5, 0.6) is 0 Å². The molecule has 2 aromatic rings. The van der Waals surface area contributed by atoms with Gasteiger partial charge in [0.2, 0.25) is 0 Å². The predicted octanol–water partition coefficient (Wildman–Crippen LogP) is 4.66. The lowest BCUT2D eigenvalue weighted by Crippen LogP contribution is -2.13. The van der Waals surface area contributed by atoms with E-state index in [4.69, 9.17) is 0 Å². The molecule has 3 heteroatoms. The van der Waals surface area contributed by atoms with Gasteiger partial charge in [-0.25, -0.2) is 4.98 Å². The van der Waals surface area contributed by atoms with E-state index in [0.29, 0.717) is 6.04 Å². The van der Waals surface area contributed by atoms with E-state index in [1.165, 1.54) is 54.6 Å². The molecule has 0 saturated carbocycles. The molecule has 0 aliphatic carbocycles. The Morgan fingerprint density at radius 1 is 1.38 bits per heavy atom. The molecule has 1 aromatic carbocycles. The molecule has 0 fully saturated rings. The third kappa shape index (κ3) is 2.82. The number of para-hydroxylation sites is 1. The summed E-state index contributed by atoms with van der Waals surface area (Å²) < 4.78 is 2.33. The highest BCUT2D eigenvalue weighted by Gasteiger charge is 2.17. The number of unbranched alkanes of at least 4 members (excludes halogenated alkanes) is 1. The van der Waals surface area contributed by atoms with Gasteiger partial charge in [0.05, 0.1) is 18.2 Å². The number of imidazole rings is 1. The van der Waals surface area contributed by atoms with Gasteiger partial charge < -0.3 is 9.88 Å². The van der Waals surface area contributed by atoms with Gasteiger partial charge in [0.1, 0.15) is 0 Å². The Bertz CT molecular complexity index is 600. The van der Waals surface area contributed by atoms with Gasteiger partial charge >= 0.3 is 0 Å². The predicted molar refractivity (Wildman–Crippen MR) is 88.7 cm³/mol. The first-order chi connectivity index (χ1) is 10.3. The SMILES string of the molecule is CCCCC(C)n1cncc1-c1cccc2c1NCCC2. The molecule has 2 heterocycles. The maximum Gasteiger partial charge on any atom is 0.0953 e. The number of benzene rings is 1. The minimum atomic E-state index is 0.502. The standard InChI is InChI=1S/C18H25N3/c1-3-4-7-14(2)21-13-19-12-17(21)16-10-5-8-15-9-6-11-20-18(15)16/h5,8,10,12-14,20H,3-4,6-7,9,11H2,1-2H3. The molecule has 0 saturated heterocycles. The van der Waals surface area contributed by atoms with Crippen molar-refractivity contribution in [3.8, 4) is 11.3 Å². The summed E-state index contributed by atoms with van der Waals surface area (Å²) in [7, 11) is 0. The lowest BCUT2D eigenvalue weighted by molar-refractivity contribution is 0.488. The maximum atomic E-state index is 4.41. The zero-order valence-corrected chi connectivity index (χ0v) is 13.1. The molecule has 112 valence electrons. The Balaban J connectivity index is 1.96. The third-order valence-electron chi connectivity index (χ3n) is 4.47. The molecular weight excluding hydrogens is 258 g/mol. The van der Waals surface area contributed by atoms with E-state index >= 15 is 0 Å². The highest BCUT2D eigenvalue weighted by molar-refractivity contribution is 5.79. The van der Waals surface area contributed by atoms with Crippen molar-refractivity contribution in [3.63, 3.8) is 0 Å². The molecule has 1 N–H and O–H groups in total. The molecule has 3 nitrogen and oxygen atoms in total. The van der Waals surface area contributed by atoms with E-state index in [-0.39, 0.29) is 0 Å². The Kier molecular flexibility index (Phi) is 4.28. The summed E-state index contributed by atoms with van der Waals surface area (Å²) in [5, 5.41) is 3.59. The van der Waals surface area contributed by atoms with Crippen molar-refractivity contribution in [2.24, 2.45) is 0 Å². The fourth-order valence-electron chi connectivity index (χ4n) is 3.23. The molecule has 1 aromatic heterocycles. The van der Waals surface area contributed by atoms with Crippen LogP contribution >= 0.6 is 0 Å². The van der Waals surface area contributed by atoms with Gasteiger partial charge in [0.25, 0.3) is 0 Å².